The lowest BCUT2D eigenvalue weighted by atomic mass is 10.00. The second-order valence-corrected chi connectivity index (χ2v) is 4.13. The van der Waals surface area contributed by atoms with Gasteiger partial charge in [0.05, 0.1) is 0 Å². The molecule has 0 aliphatic carbocycles. The number of hydrogen-bond acceptors (Lipinski definition) is 4. The molecule has 1 aliphatic heterocycles. The van der Waals surface area contributed by atoms with Gasteiger partial charge in [-0.3, -0.25) is 5.10 Å². The van der Waals surface area contributed by atoms with Crippen molar-refractivity contribution in [1.29, 1.82) is 0 Å². The molecule has 88 valence electrons. The van der Waals surface area contributed by atoms with Crippen molar-refractivity contribution >= 4 is 5.82 Å². The molecule has 1 aromatic carbocycles. The first kappa shape index (κ1) is 10.0. The number of aryl methyl sites for hydroxylation is 2. The molecule has 17 heavy (non-hydrogen) atoms. The molecule has 0 spiro atoms. The lowest BCUT2D eigenvalue weighted by molar-refractivity contribution is 0.174. The van der Waals surface area contributed by atoms with Crippen LogP contribution in [0.3, 0.4) is 0 Å². The van der Waals surface area contributed by atoms with Gasteiger partial charge in [-0.2, -0.15) is 5.10 Å². The summed E-state index contributed by atoms with van der Waals surface area (Å²) in [7, 11) is 0. The molecular weight excluding hydrogens is 218 g/mol. The molecule has 1 aromatic heterocycles. The van der Waals surface area contributed by atoms with Crippen LogP contribution in [0, 0.1) is 13.8 Å². The Labute approximate surface area is 98.5 Å². The highest BCUT2D eigenvalue weighted by atomic mass is 16.7. The first-order valence-corrected chi connectivity index (χ1v) is 5.38. The van der Waals surface area contributed by atoms with Crippen molar-refractivity contribution in [3.05, 3.63) is 23.4 Å². The van der Waals surface area contributed by atoms with Crippen LogP contribution in [0.5, 0.6) is 11.5 Å². The summed E-state index contributed by atoms with van der Waals surface area (Å²) in [4.78, 5) is 0. The van der Waals surface area contributed by atoms with Crippen LogP contribution in [0.2, 0.25) is 0 Å². The fourth-order valence-electron chi connectivity index (χ4n) is 2.10. The first-order valence-electron chi connectivity index (χ1n) is 5.38. The molecule has 0 saturated carbocycles. The van der Waals surface area contributed by atoms with Gasteiger partial charge in [-0.15, -0.1) is 0 Å². The van der Waals surface area contributed by atoms with E-state index in [1.165, 1.54) is 0 Å². The van der Waals surface area contributed by atoms with Crippen LogP contribution in [-0.2, 0) is 0 Å². The van der Waals surface area contributed by atoms with E-state index in [4.69, 9.17) is 15.2 Å². The average molecular weight is 231 g/mol. The molecule has 0 bridgehead atoms. The van der Waals surface area contributed by atoms with Crippen LogP contribution in [0.15, 0.2) is 12.1 Å². The summed E-state index contributed by atoms with van der Waals surface area (Å²) in [5, 5.41) is 6.89. The Kier molecular flexibility index (Phi) is 2.01. The van der Waals surface area contributed by atoms with Gasteiger partial charge in [0.1, 0.15) is 0 Å². The van der Waals surface area contributed by atoms with Gasteiger partial charge in [0.25, 0.3) is 0 Å². The van der Waals surface area contributed by atoms with Crippen molar-refractivity contribution in [2.75, 3.05) is 12.5 Å². The lowest BCUT2D eigenvalue weighted by Crippen LogP contribution is -1.93. The molecule has 0 amide bonds. The highest BCUT2D eigenvalue weighted by molar-refractivity contribution is 5.80. The first-order chi connectivity index (χ1) is 8.16. The summed E-state index contributed by atoms with van der Waals surface area (Å²) in [6.45, 7) is 4.24. The van der Waals surface area contributed by atoms with Crippen molar-refractivity contribution in [2.24, 2.45) is 0 Å². The molecule has 3 rings (SSSR count). The summed E-state index contributed by atoms with van der Waals surface area (Å²) in [5.74, 6) is 2.04. The van der Waals surface area contributed by atoms with Crippen molar-refractivity contribution in [3.8, 4) is 22.6 Å². The van der Waals surface area contributed by atoms with Crippen LogP contribution in [0.1, 0.15) is 11.3 Å². The zero-order chi connectivity index (χ0) is 12.0. The van der Waals surface area contributed by atoms with Gasteiger partial charge >= 0.3 is 0 Å². The predicted molar refractivity (Wildman–Crippen MR) is 64.0 cm³/mol. The van der Waals surface area contributed by atoms with E-state index in [1.54, 1.807) is 0 Å². The van der Waals surface area contributed by atoms with Crippen LogP contribution in [0.25, 0.3) is 11.1 Å². The predicted octanol–water partition coefficient (Wildman–Crippen LogP) is 2.00. The normalized spacial score (nSPS) is 13.1. The number of nitrogen functional groups attached to an aromatic ring is 1. The fraction of sp³-hybridized carbons (Fsp3) is 0.250. The van der Waals surface area contributed by atoms with Crippen molar-refractivity contribution in [1.82, 2.24) is 10.2 Å². The summed E-state index contributed by atoms with van der Waals surface area (Å²) in [6.07, 6.45) is 0. The quantitative estimate of drug-likeness (QED) is 0.787. The molecule has 5 heteroatoms. The van der Waals surface area contributed by atoms with E-state index < -0.39 is 0 Å². The van der Waals surface area contributed by atoms with E-state index in [9.17, 15) is 0 Å². The molecule has 0 fully saturated rings. The third-order valence-electron chi connectivity index (χ3n) is 2.96. The molecule has 0 radical (unpaired) electrons. The molecular formula is C12H13N3O2. The van der Waals surface area contributed by atoms with Crippen molar-refractivity contribution in [2.45, 2.75) is 13.8 Å². The standard InChI is InChI=1S/C12H13N3O2/c1-6-3-9-10(17-5-16-9)4-8(6)11-7(2)14-15-12(11)13/h3-4H,5H2,1-2H3,(H3,13,14,15). The average Bonchev–Trinajstić information content (AvgIpc) is 2.85. The third kappa shape index (κ3) is 1.43. The molecule has 3 N–H and O–H groups in total. The topological polar surface area (TPSA) is 73.2 Å². The zero-order valence-corrected chi connectivity index (χ0v) is 9.70. The van der Waals surface area contributed by atoms with E-state index in [0.29, 0.717) is 5.82 Å². The van der Waals surface area contributed by atoms with Gasteiger partial charge in [-0.25, -0.2) is 0 Å². The number of ether oxygens (including phenoxy) is 2. The number of nitrogens with zero attached hydrogens (tertiary/aromatic N) is 1. The minimum Gasteiger partial charge on any atom is -0.454 e. The van der Waals surface area contributed by atoms with E-state index in [0.717, 1.165) is 33.9 Å². The van der Waals surface area contributed by atoms with Gasteiger partial charge < -0.3 is 15.2 Å². The number of nitrogens with two attached hydrogens (primary N) is 1. The number of aromatic amines is 1. The Morgan fingerprint density at radius 2 is 1.94 bits per heavy atom. The lowest BCUT2D eigenvalue weighted by Gasteiger charge is -2.07. The van der Waals surface area contributed by atoms with E-state index >= 15 is 0 Å². The molecule has 2 heterocycles. The number of rotatable bonds is 1. The smallest absolute Gasteiger partial charge is 0.231 e. The molecule has 1 aliphatic rings. The number of fused-ring (bicyclic) bond motifs is 1. The van der Waals surface area contributed by atoms with Crippen molar-refractivity contribution < 1.29 is 9.47 Å². The van der Waals surface area contributed by atoms with Gasteiger partial charge in [-0.05, 0) is 37.1 Å². The summed E-state index contributed by atoms with van der Waals surface area (Å²) in [5.41, 5.74) is 9.87. The van der Waals surface area contributed by atoms with Gasteiger partial charge in [-0.1, -0.05) is 0 Å². The fourth-order valence-corrected chi connectivity index (χ4v) is 2.10. The Balaban J connectivity index is 2.22. The number of nitrogens with one attached hydrogen (secondary N) is 1. The van der Waals surface area contributed by atoms with Crippen molar-refractivity contribution in [3.63, 3.8) is 0 Å². The summed E-state index contributed by atoms with van der Waals surface area (Å²) < 4.78 is 10.7. The molecule has 0 saturated heterocycles. The van der Waals surface area contributed by atoms with E-state index in [1.807, 2.05) is 26.0 Å². The Hall–Kier alpha value is -2.17. The number of benzene rings is 1. The molecule has 2 aromatic rings. The second kappa shape index (κ2) is 3.41. The minimum absolute atomic E-state index is 0.276. The van der Waals surface area contributed by atoms with E-state index in [2.05, 4.69) is 10.2 Å². The maximum absolute atomic E-state index is 5.87. The van der Waals surface area contributed by atoms with E-state index in [-0.39, 0.29) is 6.79 Å². The van der Waals surface area contributed by atoms with Gasteiger partial charge in [0.2, 0.25) is 6.79 Å². The molecule has 0 atom stereocenters. The number of aromatic nitrogens is 2. The Morgan fingerprint density at radius 3 is 2.59 bits per heavy atom. The SMILES string of the molecule is Cc1cc2c(cc1-c1c(N)n[nH]c1C)OCO2. The minimum atomic E-state index is 0.276. The highest BCUT2D eigenvalue weighted by Crippen LogP contribution is 2.40. The Bertz CT molecular complexity index is 570. The number of anilines is 1. The largest absolute Gasteiger partial charge is 0.454 e. The molecule has 5 nitrogen and oxygen atoms in total. The maximum atomic E-state index is 5.87. The number of H-pyrrole nitrogens is 1. The second-order valence-electron chi connectivity index (χ2n) is 4.13. The van der Waals surface area contributed by atoms with Gasteiger partial charge in [0, 0.05) is 11.3 Å². The zero-order valence-electron chi connectivity index (χ0n) is 9.70. The van der Waals surface area contributed by atoms with Gasteiger partial charge in [0.15, 0.2) is 17.3 Å². The monoisotopic (exact) mass is 231 g/mol. The van der Waals surface area contributed by atoms with Crippen LogP contribution in [-0.4, -0.2) is 17.0 Å². The highest BCUT2D eigenvalue weighted by Gasteiger charge is 2.19. The Morgan fingerprint density at radius 1 is 1.24 bits per heavy atom. The third-order valence-corrected chi connectivity index (χ3v) is 2.96. The summed E-state index contributed by atoms with van der Waals surface area (Å²) in [6, 6.07) is 3.91. The molecule has 0 unspecified atom stereocenters. The van der Waals surface area contributed by atoms with Crippen LogP contribution < -0.4 is 15.2 Å². The number of hydrogen-bond donors (Lipinski definition) is 2. The maximum Gasteiger partial charge on any atom is 0.231 e. The van der Waals surface area contributed by atoms with Crippen LogP contribution >= 0.6 is 0 Å². The van der Waals surface area contributed by atoms with Crippen LogP contribution in [0.4, 0.5) is 5.82 Å². The summed E-state index contributed by atoms with van der Waals surface area (Å²) >= 11 is 0.